The van der Waals surface area contributed by atoms with E-state index in [2.05, 4.69) is 23.4 Å². The Labute approximate surface area is 45.6 Å². The Morgan fingerprint density at radius 1 is 2.00 bits per heavy atom. The summed E-state index contributed by atoms with van der Waals surface area (Å²) >= 11 is 3.27. The van der Waals surface area contributed by atoms with Gasteiger partial charge < -0.3 is 9.94 Å². The van der Waals surface area contributed by atoms with E-state index in [0.29, 0.717) is 0 Å². The van der Waals surface area contributed by atoms with Crippen LogP contribution in [0.5, 0.6) is 0 Å². The minimum Gasteiger partial charge on any atom is -0.372 e. The third-order valence-corrected chi connectivity index (χ3v) is 0.538. The molecule has 0 spiro atoms. The van der Waals surface area contributed by atoms with Gasteiger partial charge >= 0.3 is 5.97 Å². The van der Waals surface area contributed by atoms with Gasteiger partial charge in [0.15, 0.2) is 5.44 Å². The highest BCUT2D eigenvalue weighted by atomic mass is 32.1. The van der Waals surface area contributed by atoms with E-state index in [9.17, 15) is 4.79 Å². The fourth-order valence-corrected chi connectivity index (χ4v) is 0.122. The van der Waals surface area contributed by atoms with Gasteiger partial charge in [0.1, 0.15) is 0 Å². The van der Waals surface area contributed by atoms with Gasteiger partial charge in [-0.25, -0.2) is 4.79 Å². The molecule has 3 N–H and O–H groups in total. The van der Waals surface area contributed by atoms with Crippen LogP contribution in [0.4, 0.5) is 0 Å². The van der Waals surface area contributed by atoms with E-state index >= 15 is 0 Å². The molecule has 0 aromatic heterocycles. The monoisotopic (exact) mass is 123 g/mol. The topological polar surface area (TPSA) is 72.5 Å². The highest BCUT2D eigenvalue weighted by Gasteiger charge is 2.07. The first-order chi connectivity index (χ1) is 3.18. The van der Waals surface area contributed by atoms with Crippen molar-refractivity contribution in [1.82, 2.24) is 0 Å². The van der Waals surface area contributed by atoms with Crippen molar-refractivity contribution in [3.05, 3.63) is 0 Å². The molecule has 0 aromatic carbocycles. The second kappa shape index (κ2) is 2.84. The van der Waals surface area contributed by atoms with Crippen LogP contribution in [0, 0.1) is 0 Å². The Balaban J connectivity index is 3.35. The summed E-state index contributed by atoms with van der Waals surface area (Å²) in [5.74, 6) is 3.36. The van der Waals surface area contributed by atoms with Gasteiger partial charge in [0.25, 0.3) is 0 Å². The summed E-state index contributed by atoms with van der Waals surface area (Å²) in [6.07, 6.45) is 0. The molecule has 1 atom stereocenters. The van der Waals surface area contributed by atoms with Crippen LogP contribution in [-0.2, 0) is 9.63 Å². The van der Waals surface area contributed by atoms with Gasteiger partial charge in [-0.1, -0.05) is 0 Å². The molecule has 0 heterocycles. The average molecular weight is 123 g/mol. The van der Waals surface area contributed by atoms with Crippen LogP contribution in [0.25, 0.3) is 0 Å². The number of nitrogens with two attached hydrogens (primary N) is 1. The van der Waals surface area contributed by atoms with E-state index in [1.165, 1.54) is 0 Å². The number of thiol groups is 1. The van der Waals surface area contributed by atoms with Gasteiger partial charge in [0.05, 0.1) is 0 Å². The summed E-state index contributed by atoms with van der Waals surface area (Å²) in [5, 5.41) is 8.13. The molecule has 0 rings (SSSR count). The van der Waals surface area contributed by atoms with Crippen LogP contribution in [0.1, 0.15) is 0 Å². The van der Waals surface area contributed by atoms with Gasteiger partial charge in [-0.2, -0.15) is 5.90 Å². The first-order valence-electron chi connectivity index (χ1n) is 1.45. The molecule has 0 aliphatic heterocycles. The lowest BCUT2D eigenvalue weighted by Crippen LogP contribution is -2.20. The van der Waals surface area contributed by atoms with Crippen molar-refractivity contribution in [3.8, 4) is 0 Å². The number of aliphatic hydroxyl groups excluding tert-OH is 1. The Morgan fingerprint density at radius 2 is 2.43 bits per heavy atom. The largest absolute Gasteiger partial charge is 0.372 e. The van der Waals surface area contributed by atoms with Crippen LogP contribution in [-0.4, -0.2) is 16.5 Å². The van der Waals surface area contributed by atoms with Gasteiger partial charge in [0.2, 0.25) is 0 Å². The van der Waals surface area contributed by atoms with Crippen LogP contribution < -0.4 is 5.90 Å². The smallest absolute Gasteiger partial charge is 0.363 e. The summed E-state index contributed by atoms with van der Waals surface area (Å²) in [6, 6.07) is 0. The molecule has 42 valence electrons. The third kappa shape index (κ3) is 2.44. The highest BCUT2D eigenvalue weighted by Crippen LogP contribution is 1.87. The zero-order valence-electron chi connectivity index (χ0n) is 3.37. The van der Waals surface area contributed by atoms with Gasteiger partial charge in [-0.15, -0.1) is 12.6 Å². The molecule has 0 amide bonds. The molecule has 0 radical (unpaired) electrons. The first-order valence-corrected chi connectivity index (χ1v) is 1.97. The third-order valence-electron chi connectivity index (χ3n) is 0.327. The normalized spacial score (nSPS) is 13.0. The Hall–Kier alpha value is -0.260. The van der Waals surface area contributed by atoms with Crippen molar-refractivity contribution in [1.29, 1.82) is 0 Å². The SMILES string of the molecule is NOC(=O)C(O)S. The van der Waals surface area contributed by atoms with Crippen molar-refractivity contribution >= 4 is 18.6 Å². The summed E-state index contributed by atoms with van der Waals surface area (Å²) < 4.78 is 0. The van der Waals surface area contributed by atoms with Crippen LogP contribution in [0.2, 0.25) is 0 Å². The molecule has 0 aliphatic rings. The van der Waals surface area contributed by atoms with Gasteiger partial charge in [-0.3, -0.25) is 0 Å². The van der Waals surface area contributed by atoms with Crippen LogP contribution >= 0.6 is 12.6 Å². The second-order valence-corrected chi connectivity index (χ2v) is 1.30. The standard InChI is InChI=1S/C2H5NO3S/c3-6-1(4)2(5)7/h2,5,7H,3H2. The fourth-order valence-electron chi connectivity index (χ4n) is 0.0609. The average Bonchev–Trinajstić information content (AvgIpc) is 1.65. The minimum absolute atomic E-state index is 0.955. The Morgan fingerprint density at radius 3 is 2.43 bits per heavy atom. The molecule has 0 aliphatic carbocycles. The van der Waals surface area contributed by atoms with E-state index in [4.69, 9.17) is 5.11 Å². The predicted octanol–water partition coefficient (Wildman–Crippen LogP) is -1.35. The lowest BCUT2D eigenvalue weighted by atomic mass is 10.7. The molecular formula is C2H5NO3S. The molecule has 5 heteroatoms. The number of carbonyl (C=O) groups excluding carboxylic acids is 1. The molecule has 0 saturated heterocycles. The fraction of sp³-hybridized carbons (Fsp3) is 0.500. The van der Waals surface area contributed by atoms with Crippen molar-refractivity contribution < 1.29 is 14.7 Å². The van der Waals surface area contributed by atoms with Crippen LogP contribution in [0.3, 0.4) is 0 Å². The van der Waals surface area contributed by atoms with Crippen molar-refractivity contribution in [3.63, 3.8) is 0 Å². The van der Waals surface area contributed by atoms with E-state index in [1.807, 2.05) is 0 Å². The zero-order chi connectivity index (χ0) is 5.86. The van der Waals surface area contributed by atoms with E-state index in [-0.39, 0.29) is 0 Å². The van der Waals surface area contributed by atoms with E-state index in [0.717, 1.165) is 0 Å². The minimum atomic E-state index is -1.43. The van der Waals surface area contributed by atoms with Gasteiger partial charge in [0, 0.05) is 0 Å². The summed E-state index contributed by atoms with van der Waals surface area (Å²) in [4.78, 5) is 13.4. The number of carbonyl (C=O) groups is 1. The lowest BCUT2D eigenvalue weighted by molar-refractivity contribution is -0.149. The number of aliphatic hydroxyl groups is 1. The maximum atomic E-state index is 9.84. The molecule has 0 bridgehead atoms. The lowest BCUT2D eigenvalue weighted by Gasteiger charge is -1.95. The van der Waals surface area contributed by atoms with E-state index in [1.54, 1.807) is 0 Å². The molecule has 0 saturated carbocycles. The summed E-state index contributed by atoms with van der Waals surface area (Å²) in [6.45, 7) is 0. The Kier molecular flexibility index (Phi) is 2.73. The predicted molar refractivity (Wildman–Crippen MR) is 25.3 cm³/mol. The van der Waals surface area contributed by atoms with Crippen molar-refractivity contribution in [2.75, 3.05) is 0 Å². The summed E-state index contributed by atoms with van der Waals surface area (Å²) in [7, 11) is 0. The number of hydrogen-bond donors (Lipinski definition) is 3. The second-order valence-electron chi connectivity index (χ2n) is 0.811. The highest BCUT2D eigenvalue weighted by molar-refractivity contribution is 7.81. The number of hydrogen-bond acceptors (Lipinski definition) is 5. The molecule has 7 heavy (non-hydrogen) atoms. The van der Waals surface area contributed by atoms with Crippen molar-refractivity contribution in [2.24, 2.45) is 5.90 Å². The quantitative estimate of drug-likeness (QED) is 0.229. The first kappa shape index (κ1) is 6.74. The van der Waals surface area contributed by atoms with Crippen LogP contribution in [0.15, 0.2) is 0 Å². The summed E-state index contributed by atoms with van der Waals surface area (Å²) in [5.41, 5.74) is -1.43. The molecule has 4 nitrogen and oxygen atoms in total. The molecule has 0 fully saturated rings. The van der Waals surface area contributed by atoms with Gasteiger partial charge in [-0.05, 0) is 0 Å². The van der Waals surface area contributed by atoms with Crippen molar-refractivity contribution in [2.45, 2.75) is 5.44 Å². The molecule has 1 unspecified atom stereocenters. The molecule has 0 aromatic rings. The maximum absolute atomic E-state index is 9.84. The number of rotatable bonds is 1. The maximum Gasteiger partial charge on any atom is 0.363 e. The molecular weight excluding hydrogens is 118 g/mol. The van der Waals surface area contributed by atoms with E-state index < -0.39 is 11.4 Å². The zero-order valence-corrected chi connectivity index (χ0v) is 4.26. The Bertz CT molecular complexity index is 73.3.